The Hall–Kier alpha value is -3.55. The summed E-state index contributed by atoms with van der Waals surface area (Å²) in [7, 11) is 0. The lowest BCUT2D eigenvalue weighted by molar-refractivity contribution is -0.144. The number of nitrogens with zero attached hydrogens (tertiary/aromatic N) is 1. The van der Waals surface area contributed by atoms with Crippen molar-refractivity contribution in [3.8, 4) is 0 Å². The molecule has 2 aromatic carbocycles. The number of nitrogens with one attached hydrogen (secondary N) is 1. The molecule has 0 saturated heterocycles. The zero-order chi connectivity index (χ0) is 20.1. The summed E-state index contributed by atoms with van der Waals surface area (Å²) in [5, 5.41) is 6.56. The third-order valence-corrected chi connectivity index (χ3v) is 3.76. The Morgan fingerprint density at radius 2 is 1.93 bits per heavy atom. The summed E-state index contributed by atoms with van der Waals surface area (Å²) >= 11 is 0. The van der Waals surface area contributed by atoms with Crippen molar-refractivity contribution in [1.82, 2.24) is 0 Å². The van der Waals surface area contributed by atoms with Gasteiger partial charge in [0.2, 0.25) is 0 Å². The highest BCUT2D eigenvalue weighted by Crippen LogP contribution is 2.17. The van der Waals surface area contributed by atoms with Crippen LogP contribution in [-0.2, 0) is 9.63 Å². The lowest BCUT2D eigenvalue weighted by Gasteiger charge is -2.07. The largest absolute Gasteiger partial charge is 0.435 e. The van der Waals surface area contributed by atoms with Gasteiger partial charge >= 0.3 is 5.97 Å². The van der Waals surface area contributed by atoms with Gasteiger partial charge in [-0.2, -0.15) is 0 Å². The monoisotopic (exact) mass is 386 g/mol. The lowest BCUT2D eigenvalue weighted by Crippen LogP contribution is -2.23. The first kappa shape index (κ1) is 19.2. The topological polar surface area (TPSA) is 80.9 Å². The van der Waals surface area contributed by atoms with Crippen LogP contribution < -0.4 is 10.9 Å². The molecule has 3 aromatic rings. The van der Waals surface area contributed by atoms with Crippen LogP contribution in [0.25, 0.3) is 11.0 Å². The zero-order valence-electron chi connectivity index (χ0n) is 14.9. The van der Waals surface area contributed by atoms with Crippen molar-refractivity contribution in [3.05, 3.63) is 71.3 Å². The number of carbonyl (C=O) groups is 2. The van der Waals surface area contributed by atoms with Crippen molar-refractivity contribution in [2.75, 3.05) is 5.32 Å². The molecule has 0 atom stereocenters. The molecule has 1 heterocycles. The molecular formula is C20H16F2N2O4. The van der Waals surface area contributed by atoms with Gasteiger partial charge in [0, 0.05) is 17.9 Å². The van der Waals surface area contributed by atoms with Crippen molar-refractivity contribution in [1.29, 1.82) is 0 Å². The van der Waals surface area contributed by atoms with Crippen LogP contribution in [0.4, 0.5) is 14.5 Å². The highest BCUT2D eigenvalue weighted by atomic mass is 19.1. The van der Waals surface area contributed by atoms with Crippen LogP contribution in [0.5, 0.6) is 0 Å². The molecule has 8 heteroatoms. The van der Waals surface area contributed by atoms with E-state index in [2.05, 4.69) is 10.5 Å². The van der Waals surface area contributed by atoms with E-state index in [1.807, 2.05) is 0 Å². The van der Waals surface area contributed by atoms with Crippen LogP contribution in [0.2, 0.25) is 0 Å². The van der Waals surface area contributed by atoms with Gasteiger partial charge in [-0.15, -0.1) is 0 Å². The molecule has 0 unspecified atom stereocenters. The summed E-state index contributed by atoms with van der Waals surface area (Å²) in [5.41, 5.74) is -0.124. The van der Waals surface area contributed by atoms with Gasteiger partial charge < -0.3 is 14.6 Å². The van der Waals surface area contributed by atoms with Gasteiger partial charge in [-0.1, -0.05) is 25.1 Å². The number of rotatable bonds is 5. The number of fused-ring (bicyclic) bond motifs is 1. The summed E-state index contributed by atoms with van der Waals surface area (Å²) in [5.74, 6) is -3.04. The quantitative estimate of drug-likeness (QED) is 0.528. The molecule has 0 fully saturated rings. The molecule has 1 amide bonds. The molecule has 1 aromatic heterocycles. The zero-order valence-corrected chi connectivity index (χ0v) is 14.9. The Balaban J connectivity index is 2.01. The van der Waals surface area contributed by atoms with Gasteiger partial charge in [0.25, 0.3) is 11.5 Å². The van der Waals surface area contributed by atoms with Crippen molar-refractivity contribution in [2.24, 2.45) is 5.16 Å². The third kappa shape index (κ3) is 4.40. The Morgan fingerprint density at radius 1 is 1.14 bits per heavy atom. The van der Waals surface area contributed by atoms with Crippen LogP contribution in [0.3, 0.4) is 0 Å². The van der Waals surface area contributed by atoms with Crippen molar-refractivity contribution in [3.63, 3.8) is 0 Å². The SMILES string of the molecule is CCCC(=O)O/N=c1/oc2ccccc2cc1C(=O)Nc1ccc(F)cc1F. The minimum absolute atomic E-state index is 0.0771. The molecule has 3 rings (SSSR count). The second-order valence-corrected chi connectivity index (χ2v) is 5.89. The molecule has 0 radical (unpaired) electrons. The maximum Gasteiger partial charge on any atom is 0.335 e. The molecule has 1 N–H and O–H groups in total. The van der Waals surface area contributed by atoms with Gasteiger partial charge in [0.15, 0.2) is 0 Å². The van der Waals surface area contributed by atoms with Gasteiger partial charge in [-0.25, -0.2) is 13.6 Å². The first-order chi connectivity index (χ1) is 13.5. The number of benzene rings is 2. The molecule has 144 valence electrons. The number of hydrogen-bond donors (Lipinski definition) is 1. The van der Waals surface area contributed by atoms with Crippen LogP contribution in [-0.4, -0.2) is 11.9 Å². The van der Waals surface area contributed by atoms with Gasteiger partial charge in [-0.3, -0.25) is 4.79 Å². The Labute approximate surface area is 158 Å². The number of halogens is 2. The molecule has 0 aliphatic carbocycles. The summed E-state index contributed by atoms with van der Waals surface area (Å²) in [6.07, 6.45) is 0.722. The third-order valence-electron chi connectivity index (χ3n) is 3.76. The van der Waals surface area contributed by atoms with Crippen molar-refractivity contribution >= 4 is 28.5 Å². The van der Waals surface area contributed by atoms with E-state index in [0.717, 1.165) is 12.1 Å². The number of carbonyl (C=O) groups excluding carboxylic acids is 2. The summed E-state index contributed by atoms with van der Waals surface area (Å²) in [6, 6.07) is 11.1. The van der Waals surface area contributed by atoms with E-state index >= 15 is 0 Å². The number of amides is 1. The lowest BCUT2D eigenvalue weighted by atomic mass is 10.1. The molecule has 0 aliphatic heterocycles. The predicted octanol–water partition coefficient (Wildman–Crippen LogP) is 4.12. The second-order valence-electron chi connectivity index (χ2n) is 5.89. The molecule has 28 heavy (non-hydrogen) atoms. The van der Waals surface area contributed by atoms with E-state index in [-0.39, 0.29) is 23.2 Å². The first-order valence-electron chi connectivity index (χ1n) is 8.51. The molecule has 0 bridgehead atoms. The number of anilines is 1. The van der Waals surface area contributed by atoms with Gasteiger partial charge in [0.1, 0.15) is 22.8 Å². The van der Waals surface area contributed by atoms with E-state index < -0.39 is 23.5 Å². The van der Waals surface area contributed by atoms with E-state index in [1.54, 1.807) is 31.2 Å². The maximum atomic E-state index is 13.8. The van der Waals surface area contributed by atoms with Crippen LogP contribution in [0, 0.1) is 11.6 Å². The predicted molar refractivity (Wildman–Crippen MR) is 97.1 cm³/mol. The first-order valence-corrected chi connectivity index (χ1v) is 8.51. The fourth-order valence-corrected chi connectivity index (χ4v) is 2.42. The fraction of sp³-hybridized carbons (Fsp3) is 0.150. The Bertz CT molecular complexity index is 1110. The van der Waals surface area contributed by atoms with E-state index in [4.69, 9.17) is 9.25 Å². The minimum Gasteiger partial charge on any atom is -0.435 e. The van der Waals surface area contributed by atoms with Crippen LogP contribution >= 0.6 is 0 Å². The average Bonchev–Trinajstić information content (AvgIpc) is 2.68. The van der Waals surface area contributed by atoms with Crippen molar-refractivity contribution in [2.45, 2.75) is 19.8 Å². The van der Waals surface area contributed by atoms with E-state index in [1.165, 1.54) is 6.07 Å². The molecular weight excluding hydrogens is 370 g/mol. The maximum absolute atomic E-state index is 13.8. The fourth-order valence-electron chi connectivity index (χ4n) is 2.42. The van der Waals surface area contributed by atoms with Gasteiger partial charge in [-0.05, 0) is 35.8 Å². The van der Waals surface area contributed by atoms with E-state index in [9.17, 15) is 18.4 Å². The summed E-state index contributed by atoms with van der Waals surface area (Å²) in [6.45, 7) is 1.80. The van der Waals surface area contributed by atoms with Crippen molar-refractivity contribution < 1.29 is 27.6 Å². The Morgan fingerprint density at radius 3 is 2.68 bits per heavy atom. The van der Waals surface area contributed by atoms with Crippen LogP contribution in [0.1, 0.15) is 30.1 Å². The molecule has 6 nitrogen and oxygen atoms in total. The highest BCUT2D eigenvalue weighted by Gasteiger charge is 2.16. The molecule has 0 saturated carbocycles. The molecule has 0 aliphatic rings. The van der Waals surface area contributed by atoms with Gasteiger partial charge in [0.05, 0.1) is 5.69 Å². The minimum atomic E-state index is -0.932. The number of para-hydroxylation sites is 1. The second kappa shape index (κ2) is 8.43. The standard InChI is InChI=1S/C20H16F2N2O4/c1-2-5-18(25)28-24-20-14(10-12-6-3-4-7-17(12)27-20)19(26)23-16-9-8-13(21)11-15(16)22/h3-4,6-11H,2,5H2,1H3,(H,23,26)/b24-20+. The Kier molecular flexibility index (Phi) is 5.78. The smallest absolute Gasteiger partial charge is 0.335 e. The van der Waals surface area contributed by atoms with E-state index in [0.29, 0.717) is 23.5 Å². The average molecular weight is 386 g/mol. The normalized spacial score (nSPS) is 11.5. The van der Waals surface area contributed by atoms with Crippen LogP contribution in [0.15, 0.2) is 58.1 Å². The summed E-state index contributed by atoms with van der Waals surface area (Å²) < 4.78 is 32.5. The highest BCUT2D eigenvalue weighted by molar-refractivity contribution is 6.05. The summed E-state index contributed by atoms with van der Waals surface area (Å²) in [4.78, 5) is 29.0. The number of hydrogen-bond acceptors (Lipinski definition) is 5. The molecule has 0 spiro atoms.